The predicted octanol–water partition coefficient (Wildman–Crippen LogP) is 4.45. The van der Waals surface area contributed by atoms with E-state index in [0.29, 0.717) is 5.92 Å². The molecule has 4 heteroatoms. The Bertz CT molecular complexity index is 532. The summed E-state index contributed by atoms with van der Waals surface area (Å²) < 4.78 is 0. The van der Waals surface area contributed by atoms with Crippen LogP contribution in [0.25, 0.3) is 0 Å². The molecule has 0 aliphatic heterocycles. The monoisotopic (exact) mass is 278 g/mol. The summed E-state index contributed by atoms with van der Waals surface area (Å²) in [6, 6.07) is 6.06. The fourth-order valence-corrected chi connectivity index (χ4v) is 3.48. The number of nitrogen functional groups attached to an aromatic ring is 1. The summed E-state index contributed by atoms with van der Waals surface area (Å²) in [7, 11) is 0. The summed E-state index contributed by atoms with van der Waals surface area (Å²) in [6.07, 6.45) is 0. The lowest BCUT2D eigenvalue weighted by molar-refractivity contribution is 0.846. The first-order valence-corrected chi connectivity index (χ1v) is 7.86. The van der Waals surface area contributed by atoms with Crippen LogP contribution >= 0.6 is 23.1 Å². The van der Waals surface area contributed by atoms with Crippen LogP contribution in [0.1, 0.15) is 36.0 Å². The number of thioether (sulfide) groups is 1. The number of anilines is 1. The van der Waals surface area contributed by atoms with Gasteiger partial charge in [-0.15, -0.1) is 23.1 Å². The second-order valence-corrected chi connectivity index (χ2v) is 6.55. The molecular formula is C14H18N2S2. The molecule has 96 valence electrons. The summed E-state index contributed by atoms with van der Waals surface area (Å²) in [5.74, 6) is 1.44. The Balaban J connectivity index is 2.02. The van der Waals surface area contributed by atoms with Gasteiger partial charge in [0.25, 0.3) is 0 Å². The van der Waals surface area contributed by atoms with Gasteiger partial charge in [0.05, 0.1) is 10.7 Å². The summed E-state index contributed by atoms with van der Waals surface area (Å²) in [4.78, 5) is 5.93. The molecule has 0 saturated heterocycles. The Morgan fingerprint density at radius 1 is 1.39 bits per heavy atom. The molecule has 0 amide bonds. The quantitative estimate of drug-likeness (QED) is 0.663. The van der Waals surface area contributed by atoms with Gasteiger partial charge < -0.3 is 5.73 Å². The van der Waals surface area contributed by atoms with Gasteiger partial charge in [0.15, 0.2) is 0 Å². The number of aryl methyl sites for hydroxylation is 1. The SMILES string of the molecule is Cc1cc(N)ccc1SCc1csc(C(C)C)n1. The maximum atomic E-state index is 5.75. The second kappa shape index (κ2) is 5.76. The molecule has 0 bridgehead atoms. The van der Waals surface area contributed by atoms with Gasteiger partial charge in [0.1, 0.15) is 0 Å². The van der Waals surface area contributed by atoms with E-state index in [2.05, 4.69) is 37.2 Å². The lowest BCUT2D eigenvalue weighted by atomic mass is 10.2. The first-order valence-electron chi connectivity index (χ1n) is 5.99. The van der Waals surface area contributed by atoms with Crippen molar-refractivity contribution in [2.24, 2.45) is 0 Å². The molecule has 2 rings (SSSR count). The van der Waals surface area contributed by atoms with E-state index in [0.717, 1.165) is 11.4 Å². The van der Waals surface area contributed by atoms with E-state index in [1.165, 1.54) is 21.2 Å². The van der Waals surface area contributed by atoms with Gasteiger partial charge in [-0.05, 0) is 30.7 Å². The van der Waals surface area contributed by atoms with Crippen LogP contribution in [-0.4, -0.2) is 4.98 Å². The Labute approximate surface area is 117 Å². The third-order valence-electron chi connectivity index (χ3n) is 2.64. The van der Waals surface area contributed by atoms with Crippen LogP contribution in [-0.2, 0) is 5.75 Å². The first-order chi connectivity index (χ1) is 8.56. The molecular weight excluding hydrogens is 260 g/mol. The van der Waals surface area contributed by atoms with E-state index in [9.17, 15) is 0 Å². The lowest BCUT2D eigenvalue weighted by Crippen LogP contribution is -1.89. The molecule has 1 aromatic carbocycles. The van der Waals surface area contributed by atoms with Crippen LogP contribution in [0, 0.1) is 6.92 Å². The lowest BCUT2D eigenvalue weighted by Gasteiger charge is -2.05. The van der Waals surface area contributed by atoms with Gasteiger partial charge in [-0.1, -0.05) is 13.8 Å². The molecule has 2 N–H and O–H groups in total. The molecule has 0 unspecified atom stereocenters. The number of hydrogen-bond donors (Lipinski definition) is 1. The zero-order valence-electron chi connectivity index (χ0n) is 10.9. The van der Waals surface area contributed by atoms with Crippen LogP contribution in [0.2, 0.25) is 0 Å². The molecule has 0 radical (unpaired) electrons. The van der Waals surface area contributed by atoms with Crippen molar-refractivity contribution in [3.8, 4) is 0 Å². The number of aromatic nitrogens is 1. The Morgan fingerprint density at radius 2 is 2.17 bits per heavy atom. The van der Waals surface area contributed by atoms with E-state index in [1.54, 1.807) is 11.3 Å². The van der Waals surface area contributed by atoms with Crippen LogP contribution in [0.15, 0.2) is 28.5 Å². The highest BCUT2D eigenvalue weighted by atomic mass is 32.2. The maximum absolute atomic E-state index is 5.75. The summed E-state index contributed by atoms with van der Waals surface area (Å²) in [6.45, 7) is 6.46. The molecule has 0 spiro atoms. The van der Waals surface area contributed by atoms with Gasteiger partial charge in [0, 0.05) is 27.6 Å². The number of nitrogens with zero attached hydrogens (tertiary/aromatic N) is 1. The van der Waals surface area contributed by atoms with Crippen LogP contribution in [0.5, 0.6) is 0 Å². The van der Waals surface area contributed by atoms with E-state index in [1.807, 2.05) is 23.9 Å². The standard InChI is InChI=1S/C14H18N2S2/c1-9(2)14-16-12(8-18-14)7-17-13-5-4-11(15)6-10(13)3/h4-6,8-9H,7,15H2,1-3H3. The van der Waals surface area contributed by atoms with E-state index >= 15 is 0 Å². The van der Waals surface area contributed by atoms with E-state index < -0.39 is 0 Å². The van der Waals surface area contributed by atoms with Crippen molar-refractivity contribution in [1.82, 2.24) is 4.98 Å². The Hall–Kier alpha value is -1.00. The minimum absolute atomic E-state index is 0.520. The molecule has 1 aromatic heterocycles. The smallest absolute Gasteiger partial charge is 0.0954 e. The van der Waals surface area contributed by atoms with Crippen molar-refractivity contribution < 1.29 is 0 Å². The predicted molar refractivity (Wildman–Crippen MR) is 81.4 cm³/mol. The number of nitrogens with two attached hydrogens (primary N) is 1. The highest BCUT2D eigenvalue weighted by Gasteiger charge is 2.07. The van der Waals surface area contributed by atoms with Gasteiger partial charge >= 0.3 is 0 Å². The summed E-state index contributed by atoms with van der Waals surface area (Å²) in [5.41, 5.74) is 8.98. The third kappa shape index (κ3) is 3.27. The molecule has 18 heavy (non-hydrogen) atoms. The van der Waals surface area contributed by atoms with Gasteiger partial charge in [0.2, 0.25) is 0 Å². The topological polar surface area (TPSA) is 38.9 Å². The van der Waals surface area contributed by atoms with Gasteiger partial charge in [-0.3, -0.25) is 0 Å². The zero-order valence-corrected chi connectivity index (χ0v) is 12.6. The van der Waals surface area contributed by atoms with Crippen molar-refractivity contribution >= 4 is 28.8 Å². The van der Waals surface area contributed by atoms with Crippen molar-refractivity contribution in [2.45, 2.75) is 37.3 Å². The van der Waals surface area contributed by atoms with E-state index in [4.69, 9.17) is 5.73 Å². The summed E-state index contributed by atoms with van der Waals surface area (Å²) >= 11 is 3.58. The molecule has 2 aromatic rings. The van der Waals surface area contributed by atoms with E-state index in [-0.39, 0.29) is 0 Å². The summed E-state index contributed by atoms with van der Waals surface area (Å²) in [5, 5.41) is 3.38. The van der Waals surface area contributed by atoms with Crippen molar-refractivity contribution in [1.29, 1.82) is 0 Å². The largest absolute Gasteiger partial charge is 0.399 e. The number of rotatable bonds is 4. The average molecular weight is 278 g/mol. The average Bonchev–Trinajstić information content (AvgIpc) is 2.76. The zero-order chi connectivity index (χ0) is 13.1. The highest BCUT2D eigenvalue weighted by molar-refractivity contribution is 7.98. The third-order valence-corrected chi connectivity index (χ3v) is 5.04. The highest BCUT2D eigenvalue weighted by Crippen LogP contribution is 2.28. The maximum Gasteiger partial charge on any atom is 0.0954 e. The minimum Gasteiger partial charge on any atom is -0.399 e. The van der Waals surface area contributed by atoms with Crippen molar-refractivity contribution in [3.05, 3.63) is 39.8 Å². The Morgan fingerprint density at radius 3 is 2.78 bits per heavy atom. The normalized spacial score (nSPS) is 11.1. The number of benzene rings is 1. The second-order valence-electron chi connectivity index (χ2n) is 4.65. The van der Waals surface area contributed by atoms with Crippen LogP contribution < -0.4 is 5.73 Å². The number of hydrogen-bond acceptors (Lipinski definition) is 4. The molecule has 0 saturated carbocycles. The van der Waals surface area contributed by atoms with Crippen LogP contribution in [0.3, 0.4) is 0 Å². The van der Waals surface area contributed by atoms with Crippen molar-refractivity contribution in [2.75, 3.05) is 5.73 Å². The fourth-order valence-electron chi connectivity index (χ4n) is 1.64. The molecule has 1 heterocycles. The molecule has 2 nitrogen and oxygen atoms in total. The first kappa shape index (κ1) is 13.4. The molecule has 0 aliphatic carbocycles. The molecule has 0 atom stereocenters. The van der Waals surface area contributed by atoms with Crippen molar-refractivity contribution in [3.63, 3.8) is 0 Å². The number of thiazole rings is 1. The Kier molecular flexibility index (Phi) is 4.30. The van der Waals surface area contributed by atoms with Gasteiger partial charge in [-0.2, -0.15) is 0 Å². The van der Waals surface area contributed by atoms with Gasteiger partial charge in [-0.25, -0.2) is 4.98 Å². The minimum atomic E-state index is 0.520. The molecule has 0 aliphatic rings. The fraction of sp³-hybridized carbons (Fsp3) is 0.357. The van der Waals surface area contributed by atoms with Crippen LogP contribution in [0.4, 0.5) is 5.69 Å². The molecule has 0 fully saturated rings.